The van der Waals surface area contributed by atoms with E-state index in [0.717, 1.165) is 0 Å². The number of Topliss-reactive ketones (excluding diaryl/α,β-unsaturated/α-hetero) is 1. The maximum absolute atomic E-state index is 12.6. The molecule has 0 saturated heterocycles. The number of ketones is 1. The van der Waals surface area contributed by atoms with Crippen molar-refractivity contribution in [3.8, 4) is 0 Å². The molecule has 1 aliphatic rings. The topological polar surface area (TPSA) is 61.8 Å². The van der Waals surface area contributed by atoms with Gasteiger partial charge in [0.15, 0.2) is 0 Å². The molecule has 2 aromatic rings. The molecule has 1 amide bonds. The second-order valence-electron chi connectivity index (χ2n) is 4.67. The fraction of sp³-hybridized carbons (Fsp3) is 0.0625. The van der Waals surface area contributed by atoms with Gasteiger partial charge in [-0.15, -0.1) is 0 Å². The van der Waals surface area contributed by atoms with Gasteiger partial charge in [-0.2, -0.15) is 5.10 Å². The minimum atomic E-state index is -0.323. The highest BCUT2D eigenvalue weighted by atomic mass is 35.5. The number of hydrazone groups is 1. The first kappa shape index (κ1) is 14.3. The number of carbonyl (C=O) groups is 2. The number of amidine groups is 1. The van der Waals surface area contributed by atoms with Gasteiger partial charge < -0.3 is 0 Å². The summed E-state index contributed by atoms with van der Waals surface area (Å²) >= 11 is 5.87. The van der Waals surface area contributed by atoms with Crippen molar-refractivity contribution in [2.24, 2.45) is 5.10 Å². The fourth-order valence-corrected chi connectivity index (χ4v) is 2.28. The quantitative estimate of drug-likeness (QED) is 0.886. The van der Waals surface area contributed by atoms with Gasteiger partial charge in [-0.1, -0.05) is 41.9 Å². The van der Waals surface area contributed by atoms with Gasteiger partial charge in [-0.05, 0) is 24.3 Å². The van der Waals surface area contributed by atoms with Crippen molar-refractivity contribution in [1.29, 1.82) is 0 Å². The summed E-state index contributed by atoms with van der Waals surface area (Å²) in [7, 11) is 0. The normalized spacial score (nSPS) is 14.3. The molecule has 0 saturated carbocycles. The summed E-state index contributed by atoms with van der Waals surface area (Å²) in [5.74, 6) is -0.530. The zero-order valence-corrected chi connectivity index (χ0v) is 12.2. The Hall–Kier alpha value is -2.66. The number of nitrogens with one attached hydrogen (secondary N) is 1. The summed E-state index contributed by atoms with van der Waals surface area (Å²) in [6, 6.07) is 15.4. The van der Waals surface area contributed by atoms with Crippen molar-refractivity contribution in [2.75, 3.05) is 11.4 Å². The van der Waals surface area contributed by atoms with E-state index in [0.29, 0.717) is 16.3 Å². The lowest BCUT2D eigenvalue weighted by atomic mass is 10.1. The zero-order chi connectivity index (χ0) is 15.5. The summed E-state index contributed by atoms with van der Waals surface area (Å²) in [6.45, 7) is 0.0359. The number of hydrogen-bond acceptors (Lipinski definition) is 4. The third kappa shape index (κ3) is 2.71. The fourth-order valence-electron chi connectivity index (χ4n) is 2.16. The van der Waals surface area contributed by atoms with Crippen LogP contribution in [0.25, 0.3) is 0 Å². The van der Waals surface area contributed by atoms with Crippen LogP contribution in [0.1, 0.15) is 10.4 Å². The first-order chi connectivity index (χ1) is 10.7. The Labute approximate surface area is 132 Å². The number of amides is 1. The lowest BCUT2D eigenvalue weighted by molar-refractivity contribution is -0.117. The third-order valence-electron chi connectivity index (χ3n) is 3.20. The van der Waals surface area contributed by atoms with Crippen LogP contribution in [-0.2, 0) is 4.79 Å². The van der Waals surface area contributed by atoms with E-state index in [1.807, 2.05) is 6.07 Å². The maximum Gasteiger partial charge on any atom is 0.253 e. The van der Waals surface area contributed by atoms with Crippen LogP contribution in [0.2, 0.25) is 5.02 Å². The number of carbonyl (C=O) groups excluding carboxylic acids is 2. The molecule has 1 heterocycles. The standard InChI is InChI=1S/C16H12ClN3O2/c17-12-6-8-13(9-7-12)20-14(21)10-18-19-16(20)15(22)11-4-2-1-3-5-11/h1-9,18H,10H2. The molecule has 1 aliphatic heterocycles. The van der Waals surface area contributed by atoms with Gasteiger partial charge in [0, 0.05) is 10.6 Å². The Morgan fingerprint density at radius 3 is 2.45 bits per heavy atom. The van der Waals surface area contributed by atoms with Gasteiger partial charge in [0.25, 0.3) is 5.91 Å². The van der Waals surface area contributed by atoms with Crippen LogP contribution in [0.3, 0.4) is 0 Å². The van der Waals surface area contributed by atoms with Crippen molar-refractivity contribution >= 4 is 34.8 Å². The van der Waals surface area contributed by atoms with Gasteiger partial charge in [0.1, 0.15) is 6.54 Å². The van der Waals surface area contributed by atoms with Crippen molar-refractivity contribution in [2.45, 2.75) is 0 Å². The van der Waals surface area contributed by atoms with Crippen LogP contribution in [-0.4, -0.2) is 24.1 Å². The molecule has 2 aromatic carbocycles. The van der Waals surface area contributed by atoms with E-state index in [1.54, 1.807) is 48.5 Å². The highest BCUT2D eigenvalue weighted by Gasteiger charge is 2.30. The SMILES string of the molecule is O=C(C1=NNCC(=O)N1c1ccc(Cl)cc1)c1ccccc1. The van der Waals surface area contributed by atoms with E-state index >= 15 is 0 Å². The smallest absolute Gasteiger partial charge is 0.253 e. The molecule has 22 heavy (non-hydrogen) atoms. The molecule has 0 radical (unpaired) electrons. The van der Waals surface area contributed by atoms with Crippen molar-refractivity contribution < 1.29 is 9.59 Å². The Kier molecular flexibility index (Phi) is 3.89. The molecule has 0 aliphatic carbocycles. The number of hydrogen-bond donors (Lipinski definition) is 1. The molecule has 6 heteroatoms. The van der Waals surface area contributed by atoms with Crippen molar-refractivity contribution in [3.05, 3.63) is 65.2 Å². The molecule has 5 nitrogen and oxygen atoms in total. The second-order valence-corrected chi connectivity index (χ2v) is 5.11. The number of benzene rings is 2. The summed E-state index contributed by atoms with van der Waals surface area (Å²) < 4.78 is 0. The van der Waals surface area contributed by atoms with Crippen molar-refractivity contribution in [1.82, 2.24) is 5.43 Å². The highest BCUT2D eigenvalue weighted by Crippen LogP contribution is 2.21. The predicted molar refractivity (Wildman–Crippen MR) is 85.1 cm³/mol. The lowest BCUT2D eigenvalue weighted by Gasteiger charge is -2.26. The Bertz CT molecular complexity index is 742. The molecule has 0 unspecified atom stereocenters. The van der Waals surface area contributed by atoms with E-state index in [9.17, 15) is 9.59 Å². The van der Waals surface area contributed by atoms with Gasteiger partial charge in [0.2, 0.25) is 11.6 Å². The van der Waals surface area contributed by atoms with E-state index in [4.69, 9.17) is 11.6 Å². The van der Waals surface area contributed by atoms with Gasteiger partial charge in [-0.25, -0.2) is 0 Å². The van der Waals surface area contributed by atoms with E-state index < -0.39 is 0 Å². The number of nitrogens with zero attached hydrogens (tertiary/aromatic N) is 2. The first-order valence-corrected chi connectivity index (χ1v) is 7.03. The molecule has 0 aromatic heterocycles. The molecule has 0 spiro atoms. The monoisotopic (exact) mass is 313 g/mol. The van der Waals surface area contributed by atoms with Crippen LogP contribution < -0.4 is 10.3 Å². The van der Waals surface area contributed by atoms with E-state index in [-0.39, 0.29) is 24.1 Å². The average Bonchev–Trinajstić information content (AvgIpc) is 2.56. The summed E-state index contributed by atoms with van der Waals surface area (Å²) in [5, 5.41) is 4.58. The minimum absolute atomic E-state index is 0.0359. The maximum atomic E-state index is 12.6. The Balaban J connectivity index is 2.00. The summed E-state index contributed by atoms with van der Waals surface area (Å²) in [6.07, 6.45) is 0. The number of anilines is 1. The molecule has 1 N–H and O–H groups in total. The second kappa shape index (κ2) is 5.99. The summed E-state index contributed by atoms with van der Waals surface area (Å²) in [4.78, 5) is 26.1. The lowest BCUT2D eigenvalue weighted by Crippen LogP contribution is -2.50. The number of halogens is 1. The Morgan fingerprint density at radius 1 is 1.09 bits per heavy atom. The van der Waals surface area contributed by atoms with Crippen LogP contribution in [0, 0.1) is 0 Å². The van der Waals surface area contributed by atoms with Gasteiger partial charge in [-0.3, -0.25) is 19.9 Å². The van der Waals surface area contributed by atoms with E-state index in [1.165, 1.54) is 4.90 Å². The molecule has 0 atom stereocenters. The molecular formula is C16H12ClN3O2. The predicted octanol–water partition coefficient (Wildman–Crippen LogP) is 2.47. The summed E-state index contributed by atoms with van der Waals surface area (Å²) in [5.41, 5.74) is 3.62. The van der Waals surface area contributed by atoms with Crippen molar-refractivity contribution in [3.63, 3.8) is 0 Å². The third-order valence-corrected chi connectivity index (χ3v) is 3.45. The molecular weight excluding hydrogens is 302 g/mol. The number of rotatable bonds is 3. The van der Waals surface area contributed by atoms with Gasteiger partial charge in [0.05, 0.1) is 5.69 Å². The zero-order valence-electron chi connectivity index (χ0n) is 11.5. The molecule has 3 rings (SSSR count). The molecule has 0 bridgehead atoms. The van der Waals surface area contributed by atoms with Gasteiger partial charge >= 0.3 is 0 Å². The Morgan fingerprint density at radius 2 is 1.77 bits per heavy atom. The highest BCUT2D eigenvalue weighted by molar-refractivity contribution is 6.53. The van der Waals surface area contributed by atoms with Crippen LogP contribution in [0.5, 0.6) is 0 Å². The van der Waals surface area contributed by atoms with Crippen LogP contribution in [0.15, 0.2) is 59.7 Å². The molecule has 0 fully saturated rings. The first-order valence-electron chi connectivity index (χ1n) is 6.65. The molecule has 110 valence electrons. The minimum Gasteiger partial charge on any atom is -0.298 e. The average molecular weight is 314 g/mol. The van der Waals surface area contributed by atoms with Crippen LogP contribution in [0.4, 0.5) is 5.69 Å². The largest absolute Gasteiger partial charge is 0.298 e. The van der Waals surface area contributed by atoms with E-state index in [2.05, 4.69) is 10.5 Å². The van der Waals surface area contributed by atoms with Crippen LogP contribution >= 0.6 is 11.6 Å².